The van der Waals surface area contributed by atoms with Gasteiger partial charge in [0, 0.05) is 23.9 Å². The van der Waals surface area contributed by atoms with Gasteiger partial charge in [0.25, 0.3) is 0 Å². The normalized spacial score (nSPS) is 11.2. The van der Waals surface area contributed by atoms with Crippen LogP contribution in [0, 0.1) is 11.7 Å². The van der Waals surface area contributed by atoms with E-state index in [0.29, 0.717) is 11.5 Å². The Balaban J connectivity index is 1.45. The van der Waals surface area contributed by atoms with E-state index in [1.807, 2.05) is 36.4 Å². The summed E-state index contributed by atoms with van der Waals surface area (Å²) in [4.78, 5) is 4.99. The van der Waals surface area contributed by atoms with Crippen molar-refractivity contribution in [2.24, 2.45) is 5.92 Å². The van der Waals surface area contributed by atoms with Gasteiger partial charge in [-0.1, -0.05) is 40.0 Å². The Morgan fingerprint density at radius 1 is 0.789 bits per heavy atom. The van der Waals surface area contributed by atoms with E-state index in [1.54, 1.807) is 12.1 Å². The quantitative estimate of drug-likeness (QED) is 0.157. The number of hydrogen-bond donors (Lipinski definition) is 0. The molecule has 0 atom stereocenters. The zero-order valence-corrected chi connectivity index (χ0v) is 22.8. The van der Waals surface area contributed by atoms with Crippen LogP contribution in [0.25, 0.3) is 16.9 Å². The molecule has 0 amide bonds. The van der Waals surface area contributed by atoms with Gasteiger partial charge in [-0.15, -0.1) is 0 Å². The van der Waals surface area contributed by atoms with Crippen molar-refractivity contribution in [2.75, 3.05) is 6.61 Å². The molecule has 4 rings (SSSR count). The first kappa shape index (κ1) is 27.4. The van der Waals surface area contributed by atoms with Crippen LogP contribution in [0.4, 0.5) is 4.39 Å². The van der Waals surface area contributed by atoms with Gasteiger partial charge in [-0.2, -0.15) is 0 Å². The number of ether oxygens (including phenoxy) is 2. The van der Waals surface area contributed by atoms with Crippen LogP contribution >= 0.6 is 0 Å². The van der Waals surface area contributed by atoms with E-state index in [2.05, 4.69) is 43.7 Å². The molecule has 0 N–H and O–H groups in total. The summed E-state index contributed by atoms with van der Waals surface area (Å²) in [6, 6.07) is 22.2. The van der Waals surface area contributed by atoms with Crippen LogP contribution < -0.4 is 9.47 Å². The number of hydrogen-bond acceptors (Lipinski definition) is 3. The number of unbranched alkanes of at least 4 members (excludes halogenated alkanes) is 1. The first-order valence-corrected chi connectivity index (χ1v) is 13.9. The average Bonchev–Trinajstić information content (AvgIpc) is 3.38. The average molecular weight is 515 g/mol. The van der Waals surface area contributed by atoms with Crippen LogP contribution in [0.2, 0.25) is 0 Å². The fourth-order valence-electron chi connectivity index (χ4n) is 4.59. The molecule has 4 aromatic rings. The first-order valence-electron chi connectivity index (χ1n) is 13.9. The molecule has 0 saturated carbocycles. The molecule has 0 bridgehead atoms. The maximum absolute atomic E-state index is 13.2. The van der Waals surface area contributed by atoms with Crippen LogP contribution in [-0.2, 0) is 6.42 Å². The monoisotopic (exact) mass is 514 g/mol. The SMILES string of the molecule is CCCCc1nc(-c2ccc(OCCCC(CC)CC)cc2)cn1-c1ccc(Oc2ccc(F)cc2)cc1. The lowest BCUT2D eigenvalue weighted by molar-refractivity contribution is 0.288. The molecule has 0 aliphatic carbocycles. The highest BCUT2D eigenvalue weighted by atomic mass is 19.1. The molecule has 38 heavy (non-hydrogen) atoms. The summed E-state index contributed by atoms with van der Waals surface area (Å²) >= 11 is 0. The Hall–Kier alpha value is -3.60. The Morgan fingerprint density at radius 3 is 2.05 bits per heavy atom. The van der Waals surface area contributed by atoms with Crippen LogP contribution in [0.3, 0.4) is 0 Å². The van der Waals surface area contributed by atoms with Crippen LogP contribution in [0.1, 0.15) is 65.1 Å². The molecule has 1 heterocycles. The Labute approximate surface area is 226 Å². The van der Waals surface area contributed by atoms with E-state index in [9.17, 15) is 4.39 Å². The van der Waals surface area contributed by atoms with Crippen molar-refractivity contribution in [3.63, 3.8) is 0 Å². The highest BCUT2D eigenvalue weighted by Crippen LogP contribution is 2.27. The summed E-state index contributed by atoms with van der Waals surface area (Å²) < 4.78 is 27.2. The van der Waals surface area contributed by atoms with Crippen molar-refractivity contribution in [2.45, 2.75) is 65.7 Å². The van der Waals surface area contributed by atoms with Gasteiger partial charge >= 0.3 is 0 Å². The van der Waals surface area contributed by atoms with Crippen LogP contribution in [0.15, 0.2) is 79.0 Å². The third-order valence-corrected chi connectivity index (χ3v) is 7.03. The minimum absolute atomic E-state index is 0.280. The fraction of sp³-hybridized carbons (Fsp3) is 0.364. The third-order valence-electron chi connectivity index (χ3n) is 7.03. The largest absolute Gasteiger partial charge is 0.494 e. The lowest BCUT2D eigenvalue weighted by atomic mass is 9.98. The molecule has 1 aromatic heterocycles. The molecule has 0 radical (unpaired) electrons. The lowest BCUT2D eigenvalue weighted by Crippen LogP contribution is -2.02. The van der Waals surface area contributed by atoms with Crippen molar-refractivity contribution in [3.05, 3.63) is 90.6 Å². The number of imidazole rings is 1. The van der Waals surface area contributed by atoms with Crippen molar-refractivity contribution >= 4 is 0 Å². The molecule has 0 saturated heterocycles. The van der Waals surface area contributed by atoms with Gasteiger partial charge in [0.1, 0.15) is 28.9 Å². The van der Waals surface area contributed by atoms with Crippen LogP contribution in [-0.4, -0.2) is 16.2 Å². The Morgan fingerprint density at radius 2 is 1.42 bits per heavy atom. The van der Waals surface area contributed by atoms with E-state index >= 15 is 0 Å². The van der Waals surface area contributed by atoms with E-state index in [4.69, 9.17) is 14.5 Å². The summed E-state index contributed by atoms with van der Waals surface area (Å²) in [7, 11) is 0. The van der Waals surface area contributed by atoms with Gasteiger partial charge in [-0.3, -0.25) is 0 Å². The number of aromatic nitrogens is 2. The predicted octanol–water partition coefficient (Wildman–Crippen LogP) is 9.41. The number of benzene rings is 3. The molecule has 5 heteroatoms. The zero-order valence-electron chi connectivity index (χ0n) is 22.8. The van der Waals surface area contributed by atoms with Crippen molar-refractivity contribution in [1.82, 2.24) is 9.55 Å². The second-order valence-electron chi connectivity index (χ2n) is 9.76. The standard InChI is InChI=1S/C33H39FN2O2/c1-4-7-10-33-35-32(26-11-17-29(18-12-26)37-23-8-9-25(5-2)6-3)24-36(33)28-15-21-31(22-16-28)38-30-19-13-27(34)14-20-30/h11-22,24-25H,4-10,23H2,1-3H3. The maximum Gasteiger partial charge on any atom is 0.127 e. The molecular formula is C33H39FN2O2. The fourth-order valence-corrected chi connectivity index (χ4v) is 4.59. The van der Waals surface area contributed by atoms with Gasteiger partial charge in [-0.25, -0.2) is 9.37 Å². The van der Waals surface area contributed by atoms with E-state index < -0.39 is 0 Å². The summed E-state index contributed by atoms with van der Waals surface area (Å²) in [5, 5.41) is 0. The smallest absolute Gasteiger partial charge is 0.127 e. The molecule has 0 unspecified atom stereocenters. The second kappa shape index (κ2) is 13.8. The van der Waals surface area contributed by atoms with Gasteiger partial charge in [0.05, 0.1) is 12.3 Å². The minimum Gasteiger partial charge on any atom is -0.494 e. The Kier molecular flexibility index (Phi) is 9.97. The summed E-state index contributed by atoms with van der Waals surface area (Å²) in [6.07, 6.45) is 9.99. The first-order chi connectivity index (χ1) is 18.6. The summed E-state index contributed by atoms with van der Waals surface area (Å²) in [6.45, 7) is 7.48. The minimum atomic E-state index is -0.280. The van der Waals surface area contributed by atoms with Gasteiger partial charge in [0.2, 0.25) is 0 Å². The van der Waals surface area contributed by atoms with Crippen molar-refractivity contribution in [3.8, 4) is 34.2 Å². The molecular weight excluding hydrogens is 475 g/mol. The van der Waals surface area contributed by atoms with E-state index in [1.165, 1.54) is 31.4 Å². The third kappa shape index (κ3) is 7.47. The second-order valence-corrected chi connectivity index (χ2v) is 9.76. The number of rotatable bonds is 14. The molecule has 3 aromatic carbocycles. The van der Waals surface area contributed by atoms with Gasteiger partial charge in [-0.05, 0) is 98.0 Å². The molecule has 200 valence electrons. The molecule has 0 aliphatic rings. The number of halogens is 1. The van der Waals surface area contributed by atoms with Crippen LogP contribution in [0.5, 0.6) is 17.2 Å². The highest BCUT2D eigenvalue weighted by Gasteiger charge is 2.12. The number of aryl methyl sites for hydroxylation is 1. The highest BCUT2D eigenvalue weighted by molar-refractivity contribution is 5.61. The topological polar surface area (TPSA) is 36.3 Å². The summed E-state index contributed by atoms with van der Waals surface area (Å²) in [5.74, 6) is 3.77. The van der Waals surface area contributed by atoms with Crippen molar-refractivity contribution < 1.29 is 13.9 Å². The maximum atomic E-state index is 13.2. The Bertz CT molecular complexity index is 1240. The molecule has 0 spiro atoms. The predicted molar refractivity (Wildman–Crippen MR) is 153 cm³/mol. The molecule has 0 aliphatic heterocycles. The zero-order chi connectivity index (χ0) is 26.7. The van der Waals surface area contributed by atoms with Crippen molar-refractivity contribution in [1.29, 1.82) is 0 Å². The van der Waals surface area contributed by atoms with Gasteiger partial charge < -0.3 is 14.0 Å². The lowest BCUT2D eigenvalue weighted by Gasteiger charge is -2.12. The van der Waals surface area contributed by atoms with E-state index in [0.717, 1.165) is 66.7 Å². The van der Waals surface area contributed by atoms with Gasteiger partial charge in [0.15, 0.2) is 0 Å². The summed E-state index contributed by atoms with van der Waals surface area (Å²) in [5.41, 5.74) is 3.05. The van der Waals surface area contributed by atoms with E-state index in [-0.39, 0.29) is 5.82 Å². The molecule has 0 fully saturated rings. The molecule has 4 nitrogen and oxygen atoms in total. The number of nitrogens with zero attached hydrogens (tertiary/aromatic N) is 2.